The third kappa shape index (κ3) is 4.54. The number of nitrogens with two attached hydrogens (primary N) is 1. The van der Waals surface area contributed by atoms with Crippen LogP contribution in [0, 0.1) is 5.41 Å². The number of hydrogen-bond acceptors (Lipinski definition) is 4. The van der Waals surface area contributed by atoms with Gasteiger partial charge < -0.3 is 10.6 Å². The average Bonchev–Trinajstić information content (AvgIpc) is 2.44. The van der Waals surface area contributed by atoms with E-state index in [0.29, 0.717) is 12.1 Å². The summed E-state index contributed by atoms with van der Waals surface area (Å²) in [5.41, 5.74) is 5.87. The molecule has 6 heteroatoms. The predicted molar refractivity (Wildman–Crippen MR) is 86.5 cm³/mol. The van der Waals surface area contributed by atoms with Crippen molar-refractivity contribution in [2.45, 2.75) is 37.6 Å². The van der Waals surface area contributed by atoms with Gasteiger partial charge in [-0.1, -0.05) is 19.1 Å². The number of nitrogens with one attached hydrogen (secondary N) is 1. The average molecular weight is 311 g/mol. The largest absolute Gasteiger partial charge is 0.384 e. The number of rotatable bonds is 7. The van der Waals surface area contributed by atoms with E-state index in [1.807, 2.05) is 7.05 Å². The van der Waals surface area contributed by atoms with Crippen LogP contribution in [0.3, 0.4) is 0 Å². The van der Waals surface area contributed by atoms with Crippen molar-refractivity contribution in [3.63, 3.8) is 0 Å². The molecule has 0 heterocycles. The van der Waals surface area contributed by atoms with Gasteiger partial charge in [0.05, 0.1) is 10.6 Å². The van der Waals surface area contributed by atoms with E-state index < -0.39 is 9.84 Å². The van der Waals surface area contributed by atoms with Gasteiger partial charge in [0.1, 0.15) is 5.84 Å². The molecule has 0 spiro atoms. The van der Waals surface area contributed by atoms with Gasteiger partial charge in [-0.3, -0.25) is 5.41 Å². The highest BCUT2D eigenvalue weighted by atomic mass is 32.2. The zero-order chi connectivity index (χ0) is 16.3. The molecule has 0 aliphatic carbocycles. The van der Waals surface area contributed by atoms with E-state index in [-0.39, 0.29) is 22.0 Å². The minimum Gasteiger partial charge on any atom is -0.384 e. The molecule has 1 aromatic rings. The van der Waals surface area contributed by atoms with Crippen LogP contribution in [0.1, 0.15) is 32.8 Å². The lowest BCUT2D eigenvalue weighted by Crippen LogP contribution is -2.42. The molecule has 5 nitrogen and oxygen atoms in total. The van der Waals surface area contributed by atoms with Gasteiger partial charge in [0.15, 0.2) is 9.84 Å². The van der Waals surface area contributed by atoms with Crippen LogP contribution in [0.25, 0.3) is 0 Å². The van der Waals surface area contributed by atoms with E-state index in [2.05, 4.69) is 25.7 Å². The summed E-state index contributed by atoms with van der Waals surface area (Å²) < 4.78 is 24.6. The van der Waals surface area contributed by atoms with Gasteiger partial charge in [0.25, 0.3) is 0 Å². The van der Waals surface area contributed by atoms with Gasteiger partial charge in [-0.25, -0.2) is 8.42 Å². The summed E-state index contributed by atoms with van der Waals surface area (Å²) in [6, 6.07) is 6.15. The SMILES string of the molecule is CCC(C)(C)N(C)CCS(=O)(=O)c1ccc(C(=N)N)cc1. The monoisotopic (exact) mass is 311 g/mol. The number of hydrogen-bond donors (Lipinski definition) is 2. The smallest absolute Gasteiger partial charge is 0.179 e. The summed E-state index contributed by atoms with van der Waals surface area (Å²) in [6.45, 7) is 6.77. The van der Waals surface area contributed by atoms with Crippen LogP contribution in [0.5, 0.6) is 0 Å². The van der Waals surface area contributed by atoms with Crippen molar-refractivity contribution in [1.82, 2.24) is 4.90 Å². The van der Waals surface area contributed by atoms with Crippen LogP contribution in [0.2, 0.25) is 0 Å². The number of amidine groups is 1. The van der Waals surface area contributed by atoms with Gasteiger partial charge in [-0.05, 0) is 39.4 Å². The maximum atomic E-state index is 12.3. The molecule has 118 valence electrons. The standard InChI is InChI=1S/C15H25N3O2S/c1-5-15(2,3)18(4)10-11-21(19,20)13-8-6-12(7-9-13)14(16)17/h6-9H,5,10-11H2,1-4H3,(H3,16,17). The molecular weight excluding hydrogens is 286 g/mol. The molecule has 3 N–H and O–H groups in total. The summed E-state index contributed by atoms with van der Waals surface area (Å²) in [7, 11) is -1.38. The Hall–Kier alpha value is -1.40. The summed E-state index contributed by atoms with van der Waals surface area (Å²) in [6.07, 6.45) is 0.955. The van der Waals surface area contributed by atoms with E-state index >= 15 is 0 Å². The Labute approximate surface area is 127 Å². The molecule has 0 aliphatic heterocycles. The predicted octanol–water partition coefficient (Wildman–Crippen LogP) is 1.86. The molecule has 0 unspecified atom stereocenters. The summed E-state index contributed by atoms with van der Waals surface area (Å²) in [5, 5.41) is 7.31. The fourth-order valence-electron chi connectivity index (χ4n) is 1.79. The van der Waals surface area contributed by atoms with Crippen molar-refractivity contribution >= 4 is 15.7 Å². The van der Waals surface area contributed by atoms with E-state index in [1.54, 1.807) is 12.1 Å². The maximum absolute atomic E-state index is 12.3. The minimum absolute atomic E-state index is 0.0198. The second kappa shape index (κ2) is 6.58. The third-order valence-electron chi connectivity index (χ3n) is 4.12. The van der Waals surface area contributed by atoms with Crippen LogP contribution in [0.4, 0.5) is 0 Å². The molecule has 0 fully saturated rings. The molecule has 1 aromatic carbocycles. The number of benzene rings is 1. The van der Waals surface area contributed by atoms with Gasteiger partial charge in [-0.15, -0.1) is 0 Å². The molecule has 0 amide bonds. The van der Waals surface area contributed by atoms with Crippen LogP contribution in [-0.2, 0) is 9.84 Å². The number of nitrogen functional groups attached to an aromatic ring is 1. The van der Waals surface area contributed by atoms with Gasteiger partial charge in [0.2, 0.25) is 0 Å². The second-order valence-corrected chi connectivity index (χ2v) is 7.95. The Kier molecular flexibility index (Phi) is 5.53. The zero-order valence-electron chi connectivity index (χ0n) is 13.2. The lowest BCUT2D eigenvalue weighted by atomic mass is 10.0. The topological polar surface area (TPSA) is 87.2 Å². The molecule has 0 radical (unpaired) electrons. The maximum Gasteiger partial charge on any atom is 0.179 e. The lowest BCUT2D eigenvalue weighted by molar-refractivity contribution is 0.160. The first-order valence-corrected chi connectivity index (χ1v) is 8.64. The summed E-state index contributed by atoms with van der Waals surface area (Å²) >= 11 is 0. The number of nitrogens with zero attached hydrogens (tertiary/aromatic N) is 1. The molecule has 0 aromatic heterocycles. The first-order chi connectivity index (χ1) is 9.60. The van der Waals surface area contributed by atoms with E-state index in [4.69, 9.17) is 11.1 Å². The van der Waals surface area contributed by atoms with Crippen LogP contribution in [-0.4, -0.2) is 44.0 Å². The molecule has 21 heavy (non-hydrogen) atoms. The normalized spacial score (nSPS) is 12.6. The van der Waals surface area contributed by atoms with Crippen molar-refractivity contribution in [1.29, 1.82) is 5.41 Å². The summed E-state index contributed by atoms with van der Waals surface area (Å²) in [5.74, 6) is 0.00942. The Bertz CT molecular complexity index is 592. The van der Waals surface area contributed by atoms with Crippen molar-refractivity contribution in [2.75, 3.05) is 19.3 Å². The molecule has 0 atom stereocenters. The molecule has 0 saturated carbocycles. The molecule has 0 saturated heterocycles. The minimum atomic E-state index is -3.32. The fourth-order valence-corrected chi connectivity index (χ4v) is 3.09. The first kappa shape index (κ1) is 17.7. The van der Waals surface area contributed by atoms with Crippen LogP contribution >= 0.6 is 0 Å². The Morgan fingerprint density at radius 2 is 1.81 bits per heavy atom. The van der Waals surface area contributed by atoms with Crippen molar-refractivity contribution < 1.29 is 8.42 Å². The number of sulfone groups is 1. The van der Waals surface area contributed by atoms with Crippen molar-refractivity contribution in [3.8, 4) is 0 Å². The fraction of sp³-hybridized carbons (Fsp3) is 0.533. The van der Waals surface area contributed by atoms with Crippen molar-refractivity contribution in [2.24, 2.45) is 5.73 Å². The quantitative estimate of drug-likeness (QED) is 0.594. The Morgan fingerprint density at radius 3 is 2.24 bits per heavy atom. The molecule has 0 bridgehead atoms. The van der Waals surface area contributed by atoms with Crippen molar-refractivity contribution in [3.05, 3.63) is 29.8 Å². The first-order valence-electron chi connectivity index (χ1n) is 6.98. The summed E-state index contributed by atoms with van der Waals surface area (Å²) in [4.78, 5) is 2.34. The second-order valence-electron chi connectivity index (χ2n) is 5.84. The highest BCUT2D eigenvalue weighted by Crippen LogP contribution is 2.18. The molecular formula is C15H25N3O2S. The van der Waals surface area contributed by atoms with Crippen LogP contribution < -0.4 is 5.73 Å². The Morgan fingerprint density at radius 1 is 1.29 bits per heavy atom. The molecule has 1 rings (SSSR count). The highest BCUT2D eigenvalue weighted by Gasteiger charge is 2.23. The Balaban J connectivity index is 2.80. The van der Waals surface area contributed by atoms with Gasteiger partial charge >= 0.3 is 0 Å². The van der Waals surface area contributed by atoms with Gasteiger partial charge in [0, 0.05) is 17.6 Å². The third-order valence-corrected chi connectivity index (χ3v) is 5.83. The highest BCUT2D eigenvalue weighted by molar-refractivity contribution is 7.91. The lowest BCUT2D eigenvalue weighted by Gasteiger charge is -2.34. The molecule has 0 aliphatic rings. The zero-order valence-corrected chi connectivity index (χ0v) is 14.0. The van der Waals surface area contributed by atoms with Crippen LogP contribution in [0.15, 0.2) is 29.2 Å². The van der Waals surface area contributed by atoms with E-state index in [9.17, 15) is 8.42 Å². The van der Waals surface area contributed by atoms with E-state index in [0.717, 1.165) is 6.42 Å². The van der Waals surface area contributed by atoms with E-state index in [1.165, 1.54) is 12.1 Å². The van der Waals surface area contributed by atoms with Gasteiger partial charge in [-0.2, -0.15) is 0 Å².